The predicted octanol–water partition coefficient (Wildman–Crippen LogP) is 1.80. The zero-order chi connectivity index (χ0) is 8.27. The first-order valence-electron chi connectivity index (χ1n) is 3.11. The van der Waals surface area contributed by atoms with Crippen molar-refractivity contribution < 1.29 is 8.78 Å². The monoisotopic (exact) mass is 178 g/mol. The van der Waals surface area contributed by atoms with Crippen LogP contribution in [0.3, 0.4) is 0 Å². The maximum absolute atomic E-state index is 11.9. The van der Waals surface area contributed by atoms with Gasteiger partial charge < -0.3 is 5.32 Å². The van der Waals surface area contributed by atoms with E-state index in [1.54, 1.807) is 7.05 Å². The maximum atomic E-state index is 11.9. The third kappa shape index (κ3) is 2.20. The molecule has 0 saturated carbocycles. The minimum absolute atomic E-state index is 0.102. The van der Waals surface area contributed by atoms with E-state index >= 15 is 0 Å². The van der Waals surface area contributed by atoms with Crippen molar-refractivity contribution in [1.29, 1.82) is 0 Å². The van der Waals surface area contributed by atoms with Gasteiger partial charge in [-0.15, -0.1) is 11.3 Å². The molecule has 0 amide bonds. The standard InChI is InChI=1S/C6H8F2N2S/c1-9-2-4-3-10-6(11-4)5(7)8/h3,5,9H,2H2,1H3. The van der Waals surface area contributed by atoms with Gasteiger partial charge in [-0.2, -0.15) is 0 Å². The van der Waals surface area contributed by atoms with Gasteiger partial charge in [-0.1, -0.05) is 0 Å². The van der Waals surface area contributed by atoms with Crippen LogP contribution in [0.25, 0.3) is 0 Å². The minimum atomic E-state index is -2.44. The Morgan fingerprint density at radius 2 is 2.45 bits per heavy atom. The highest BCUT2D eigenvalue weighted by atomic mass is 32.1. The van der Waals surface area contributed by atoms with Crippen molar-refractivity contribution in [3.63, 3.8) is 0 Å². The van der Waals surface area contributed by atoms with Crippen molar-refractivity contribution in [3.8, 4) is 0 Å². The number of aromatic nitrogens is 1. The van der Waals surface area contributed by atoms with Gasteiger partial charge in [0.15, 0.2) is 5.01 Å². The van der Waals surface area contributed by atoms with Gasteiger partial charge in [0.05, 0.1) is 0 Å². The molecule has 0 aromatic carbocycles. The van der Waals surface area contributed by atoms with Gasteiger partial charge in [-0.05, 0) is 7.05 Å². The second kappa shape index (κ2) is 3.73. The second-order valence-electron chi connectivity index (χ2n) is 2.00. The SMILES string of the molecule is CNCc1cnc(C(F)F)s1. The Labute approximate surface area is 67.3 Å². The molecular weight excluding hydrogens is 170 g/mol. The first-order chi connectivity index (χ1) is 5.24. The topological polar surface area (TPSA) is 24.9 Å². The molecule has 0 aliphatic rings. The predicted molar refractivity (Wildman–Crippen MR) is 39.8 cm³/mol. The van der Waals surface area contributed by atoms with Crippen LogP contribution in [0.1, 0.15) is 16.3 Å². The summed E-state index contributed by atoms with van der Waals surface area (Å²) in [5, 5.41) is 2.76. The molecule has 0 aliphatic carbocycles. The van der Waals surface area contributed by atoms with Crippen LogP contribution >= 0.6 is 11.3 Å². The Kier molecular flexibility index (Phi) is 2.90. The van der Waals surface area contributed by atoms with Gasteiger partial charge in [-0.3, -0.25) is 0 Å². The van der Waals surface area contributed by atoms with E-state index in [0.717, 1.165) is 16.2 Å². The summed E-state index contributed by atoms with van der Waals surface area (Å²) in [5.41, 5.74) is 0. The summed E-state index contributed by atoms with van der Waals surface area (Å²) in [6.07, 6.45) is -0.964. The number of halogens is 2. The fraction of sp³-hybridized carbons (Fsp3) is 0.500. The van der Waals surface area contributed by atoms with Crippen molar-refractivity contribution in [2.45, 2.75) is 13.0 Å². The number of hydrogen-bond acceptors (Lipinski definition) is 3. The van der Waals surface area contributed by atoms with Crippen molar-refractivity contribution >= 4 is 11.3 Å². The molecule has 11 heavy (non-hydrogen) atoms. The fourth-order valence-corrected chi connectivity index (χ4v) is 1.46. The summed E-state index contributed by atoms with van der Waals surface area (Å²) in [4.78, 5) is 4.40. The molecule has 1 aromatic rings. The van der Waals surface area contributed by atoms with Gasteiger partial charge in [0, 0.05) is 17.6 Å². The third-order valence-electron chi connectivity index (χ3n) is 1.11. The third-order valence-corrected chi connectivity index (χ3v) is 2.11. The average molecular weight is 178 g/mol. The molecule has 62 valence electrons. The maximum Gasteiger partial charge on any atom is 0.289 e. The van der Waals surface area contributed by atoms with Crippen LogP contribution in [0.2, 0.25) is 0 Å². The van der Waals surface area contributed by atoms with Crippen LogP contribution in [0.4, 0.5) is 8.78 Å². The van der Waals surface area contributed by atoms with Gasteiger partial charge in [0.25, 0.3) is 6.43 Å². The number of thiazole rings is 1. The Bertz CT molecular complexity index is 224. The summed E-state index contributed by atoms with van der Waals surface area (Å²) in [7, 11) is 1.77. The largest absolute Gasteiger partial charge is 0.315 e. The van der Waals surface area contributed by atoms with E-state index in [1.807, 2.05) is 0 Å². The van der Waals surface area contributed by atoms with Crippen LogP contribution < -0.4 is 5.32 Å². The minimum Gasteiger partial charge on any atom is -0.315 e. The summed E-state index contributed by atoms with van der Waals surface area (Å²) in [5.74, 6) is 0. The lowest BCUT2D eigenvalue weighted by Gasteiger charge is -1.90. The molecule has 1 rings (SSSR count). The Morgan fingerprint density at radius 1 is 1.73 bits per heavy atom. The molecule has 0 fully saturated rings. The van der Waals surface area contributed by atoms with Crippen LogP contribution in [-0.2, 0) is 6.54 Å². The smallest absolute Gasteiger partial charge is 0.289 e. The van der Waals surface area contributed by atoms with E-state index in [4.69, 9.17) is 0 Å². The highest BCUT2D eigenvalue weighted by Crippen LogP contribution is 2.23. The lowest BCUT2D eigenvalue weighted by molar-refractivity contribution is 0.151. The van der Waals surface area contributed by atoms with E-state index in [-0.39, 0.29) is 5.01 Å². The first-order valence-corrected chi connectivity index (χ1v) is 3.93. The Hall–Kier alpha value is -0.550. The Balaban J connectivity index is 2.66. The number of hydrogen-bond donors (Lipinski definition) is 1. The van der Waals surface area contributed by atoms with E-state index in [9.17, 15) is 8.78 Å². The lowest BCUT2D eigenvalue weighted by Crippen LogP contribution is -2.02. The van der Waals surface area contributed by atoms with Crippen LogP contribution in [0.15, 0.2) is 6.20 Å². The molecule has 0 radical (unpaired) electrons. The fourth-order valence-electron chi connectivity index (χ4n) is 0.679. The molecule has 1 N–H and O–H groups in total. The molecular formula is C6H8F2N2S. The number of rotatable bonds is 3. The summed E-state index contributed by atoms with van der Waals surface area (Å²) in [6.45, 7) is 0.602. The van der Waals surface area contributed by atoms with E-state index in [0.29, 0.717) is 6.54 Å². The lowest BCUT2D eigenvalue weighted by atomic mass is 10.5. The van der Waals surface area contributed by atoms with Crippen LogP contribution in [0, 0.1) is 0 Å². The first kappa shape index (κ1) is 8.55. The molecule has 0 spiro atoms. The van der Waals surface area contributed by atoms with Gasteiger partial charge in [0.2, 0.25) is 0 Å². The summed E-state index contributed by atoms with van der Waals surface area (Å²) in [6, 6.07) is 0. The molecule has 0 bridgehead atoms. The van der Waals surface area contributed by atoms with E-state index in [2.05, 4.69) is 10.3 Å². The highest BCUT2D eigenvalue weighted by Gasteiger charge is 2.11. The van der Waals surface area contributed by atoms with Crippen molar-refractivity contribution in [2.24, 2.45) is 0 Å². The zero-order valence-corrected chi connectivity index (χ0v) is 6.79. The summed E-state index contributed by atoms with van der Waals surface area (Å²) < 4.78 is 23.9. The quantitative estimate of drug-likeness (QED) is 0.763. The molecule has 0 saturated heterocycles. The normalized spacial score (nSPS) is 10.9. The van der Waals surface area contributed by atoms with Crippen molar-refractivity contribution in [3.05, 3.63) is 16.1 Å². The molecule has 0 atom stereocenters. The van der Waals surface area contributed by atoms with Crippen LogP contribution in [0.5, 0.6) is 0 Å². The molecule has 1 heterocycles. The highest BCUT2D eigenvalue weighted by molar-refractivity contribution is 7.11. The molecule has 1 aromatic heterocycles. The van der Waals surface area contributed by atoms with E-state index in [1.165, 1.54) is 6.20 Å². The Morgan fingerprint density at radius 3 is 2.91 bits per heavy atom. The molecule has 0 unspecified atom stereocenters. The van der Waals surface area contributed by atoms with Gasteiger partial charge in [-0.25, -0.2) is 13.8 Å². The van der Waals surface area contributed by atoms with Crippen LogP contribution in [-0.4, -0.2) is 12.0 Å². The number of alkyl halides is 2. The molecule has 2 nitrogen and oxygen atoms in total. The average Bonchev–Trinajstić information content (AvgIpc) is 2.37. The van der Waals surface area contributed by atoms with E-state index < -0.39 is 6.43 Å². The zero-order valence-electron chi connectivity index (χ0n) is 5.97. The molecule has 5 heteroatoms. The number of nitrogens with zero attached hydrogens (tertiary/aromatic N) is 1. The van der Waals surface area contributed by atoms with Gasteiger partial charge in [0.1, 0.15) is 0 Å². The second-order valence-corrected chi connectivity index (χ2v) is 3.14. The van der Waals surface area contributed by atoms with Crippen molar-refractivity contribution in [1.82, 2.24) is 10.3 Å². The van der Waals surface area contributed by atoms with Crippen molar-refractivity contribution in [2.75, 3.05) is 7.05 Å². The number of nitrogens with one attached hydrogen (secondary N) is 1. The van der Waals surface area contributed by atoms with Gasteiger partial charge >= 0.3 is 0 Å². The molecule has 0 aliphatic heterocycles. The summed E-state index contributed by atoms with van der Waals surface area (Å²) >= 11 is 1.04.